The van der Waals surface area contributed by atoms with Gasteiger partial charge in [0.1, 0.15) is 29.1 Å². The maximum Gasteiger partial charge on any atom is 0.394 e. The number of phenols is 1. The van der Waals surface area contributed by atoms with E-state index in [2.05, 4.69) is 15.3 Å². The maximum absolute atomic E-state index is 14.2. The van der Waals surface area contributed by atoms with Crippen LogP contribution in [-0.4, -0.2) is 87.8 Å². The fraction of sp³-hybridized carbons (Fsp3) is 0.545. The third-order valence-corrected chi connectivity index (χ3v) is 10.9. The number of halogens is 3. The number of piperazine rings is 1. The number of aromatic nitrogens is 3. The zero-order valence-electron chi connectivity index (χ0n) is 26.9. The van der Waals surface area contributed by atoms with Crippen molar-refractivity contribution in [1.82, 2.24) is 24.8 Å². The average Bonchev–Trinajstić information content (AvgIpc) is 3.88. The number of carbonyl (C=O) groups excluding carboxylic acids is 2. The van der Waals surface area contributed by atoms with Gasteiger partial charge in [-0.1, -0.05) is 6.92 Å². The number of anilines is 2. The monoisotopic (exact) mass is 683 g/mol. The molecule has 1 unspecified atom stereocenters. The van der Waals surface area contributed by atoms with Gasteiger partial charge in [-0.2, -0.15) is 18.2 Å². The molecule has 2 saturated heterocycles. The Morgan fingerprint density at radius 1 is 1.06 bits per heavy atom. The van der Waals surface area contributed by atoms with Gasteiger partial charge in [-0.3, -0.25) is 14.4 Å². The molecule has 2 amide bonds. The quantitative estimate of drug-likeness (QED) is 0.295. The SMILES string of the molecule is CCc1c(N2CCN(C(=O)c3c(O)ccc4ncoc34)CC2)c(=O)c2nc(N3CCCC3)oc2n1CC(=O)NC1CC2(C(F)(F)F)CC1C2. The largest absolute Gasteiger partial charge is 0.507 e. The van der Waals surface area contributed by atoms with Gasteiger partial charge in [0.25, 0.3) is 11.9 Å². The number of pyridine rings is 1. The standard InChI is InChI=1S/C33H36F3N7O6/c1-2-21-26(40-9-11-41(12-10-40)29(47)24-22(44)6-5-19-28(24)48-17-37-19)27(46)25-30(49-31(39-25)42-7-3-4-8-42)43(21)16-23(45)38-20-15-32(33(34,35)36)13-18(20)14-32/h5-6,17-18,20,44H,2-4,7-16H2,1H3,(H,38,45). The Bertz CT molecular complexity index is 2020. The number of benzene rings is 1. The normalized spacial score (nSPS) is 23.9. The first kappa shape index (κ1) is 31.5. The van der Waals surface area contributed by atoms with Crippen LogP contribution in [-0.2, 0) is 17.8 Å². The van der Waals surface area contributed by atoms with Gasteiger partial charge in [0.15, 0.2) is 17.5 Å². The van der Waals surface area contributed by atoms with Gasteiger partial charge in [-0.15, -0.1) is 0 Å². The Labute approximate surface area is 277 Å². The third-order valence-electron chi connectivity index (χ3n) is 10.9. The highest BCUT2D eigenvalue weighted by molar-refractivity contribution is 6.06. The summed E-state index contributed by atoms with van der Waals surface area (Å²) in [7, 11) is 0. The number of oxazole rings is 2. The minimum Gasteiger partial charge on any atom is -0.507 e. The molecule has 16 heteroatoms. The second kappa shape index (κ2) is 11.4. The lowest BCUT2D eigenvalue weighted by Crippen LogP contribution is -2.50. The predicted octanol–water partition coefficient (Wildman–Crippen LogP) is 3.81. The topological polar surface area (TPSA) is 150 Å². The van der Waals surface area contributed by atoms with Crippen LogP contribution in [0.15, 0.2) is 32.2 Å². The summed E-state index contributed by atoms with van der Waals surface area (Å²) >= 11 is 0. The van der Waals surface area contributed by atoms with Crippen LogP contribution in [0.1, 0.15) is 55.1 Å². The molecule has 2 N–H and O–H groups in total. The van der Waals surface area contributed by atoms with Gasteiger partial charge in [-0.05, 0) is 56.6 Å². The van der Waals surface area contributed by atoms with E-state index in [1.54, 1.807) is 15.5 Å². The molecule has 4 aromatic rings. The molecule has 0 radical (unpaired) electrons. The van der Waals surface area contributed by atoms with E-state index in [4.69, 9.17) is 8.83 Å². The molecular formula is C33H36F3N7O6. The number of phenolic OH excluding ortho intramolecular Hbond substituents is 1. The summed E-state index contributed by atoms with van der Waals surface area (Å²) in [5.41, 5.74) is -0.335. The van der Waals surface area contributed by atoms with Crippen molar-refractivity contribution in [3.63, 3.8) is 0 Å². The van der Waals surface area contributed by atoms with Crippen molar-refractivity contribution >= 4 is 45.8 Å². The molecule has 3 aromatic heterocycles. The minimum atomic E-state index is -4.30. The minimum absolute atomic E-state index is 0.0189. The lowest BCUT2D eigenvalue weighted by atomic mass is 9.69. The van der Waals surface area contributed by atoms with Gasteiger partial charge >= 0.3 is 6.18 Å². The van der Waals surface area contributed by atoms with E-state index in [-0.39, 0.29) is 91.5 Å². The summed E-state index contributed by atoms with van der Waals surface area (Å²) in [4.78, 5) is 55.3. The zero-order chi connectivity index (χ0) is 34.2. The number of nitrogens with zero attached hydrogens (tertiary/aromatic N) is 6. The van der Waals surface area contributed by atoms with Crippen molar-refractivity contribution in [2.75, 3.05) is 49.1 Å². The highest BCUT2D eigenvalue weighted by Gasteiger charge is 2.69. The lowest BCUT2D eigenvalue weighted by Gasteiger charge is -2.39. The van der Waals surface area contributed by atoms with Crippen molar-refractivity contribution in [2.45, 2.75) is 64.2 Å². The summed E-state index contributed by atoms with van der Waals surface area (Å²) in [5, 5.41) is 13.4. The van der Waals surface area contributed by atoms with E-state index < -0.39 is 29.4 Å². The molecule has 49 heavy (non-hydrogen) atoms. The molecule has 2 bridgehead atoms. The molecule has 5 fully saturated rings. The van der Waals surface area contributed by atoms with Crippen LogP contribution in [0.5, 0.6) is 5.75 Å². The summed E-state index contributed by atoms with van der Waals surface area (Å²) in [6.45, 7) is 4.03. The molecule has 260 valence electrons. The Balaban J connectivity index is 1.09. The van der Waals surface area contributed by atoms with Crippen molar-refractivity contribution < 1.29 is 36.7 Å². The van der Waals surface area contributed by atoms with Crippen LogP contribution in [0.25, 0.3) is 22.3 Å². The molecular weight excluding hydrogens is 647 g/mol. The van der Waals surface area contributed by atoms with E-state index in [1.807, 2.05) is 16.7 Å². The van der Waals surface area contributed by atoms with Gasteiger partial charge in [-0.25, -0.2) is 4.98 Å². The summed E-state index contributed by atoms with van der Waals surface area (Å²) in [5.74, 6) is -1.33. The number of carbonyl (C=O) groups is 2. The molecule has 3 aliphatic carbocycles. The molecule has 3 saturated carbocycles. The number of rotatable bonds is 7. The third kappa shape index (κ3) is 5.00. The molecule has 1 atom stereocenters. The van der Waals surface area contributed by atoms with Crippen LogP contribution in [0.2, 0.25) is 0 Å². The molecule has 13 nitrogen and oxygen atoms in total. The Morgan fingerprint density at radius 2 is 1.80 bits per heavy atom. The molecule has 2 aliphatic heterocycles. The van der Waals surface area contributed by atoms with Crippen molar-refractivity contribution in [3.8, 4) is 5.75 Å². The summed E-state index contributed by atoms with van der Waals surface area (Å²) in [6.07, 6.45) is -0.935. The predicted molar refractivity (Wildman–Crippen MR) is 171 cm³/mol. The Morgan fingerprint density at radius 3 is 2.47 bits per heavy atom. The van der Waals surface area contributed by atoms with Crippen molar-refractivity contribution in [3.05, 3.63) is 40.0 Å². The van der Waals surface area contributed by atoms with E-state index in [1.165, 1.54) is 12.5 Å². The highest BCUT2D eigenvalue weighted by atomic mass is 19.4. The second-order valence-electron chi connectivity index (χ2n) is 13.7. The van der Waals surface area contributed by atoms with Gasteiger partial charge in [0.05, 0.1) is 5.41 Å². The molecule has 5 aliphatic rings. The number of aromatic hydroxyl groups is 1. The maximum atomic E-state index is 14.2. The van der Waals surface area contributed by atoms with Gasteiger partial charge in [0, 0.05) is 51.0 Å². The summed E-state index contributed by atoms with van der Waals surface area (Å²) < 4.78 is 54.3. The van der Waals surface area contributed by atoms with E-state index in [0.717, 1.165) is 12.8 Å². The number of hydrogen-bond acceptors (Lipinski definition) is 10. The second-order valence-corrected chi connectivity index (χ2v) is 13.7. The fourth-order valence-electron chi connectivity index (χ4n) is 8.33. The number of fused-ring (bicyclic) bond motifs is 3. The van der Waals surface area contributed by atoms with E-state index >= 15 is 0 Å². The molecule has 9 rings (SSSR count). The molecule has 0 spiro atoms. The van der Waals surface area contributed by atoms with Gasteiger partial charge < -0.3 is 38.5 Å². The fourth-order valence-corrected chi connectivity index (χ4v) is 8.33. The first-order chi connectivity index (χ1) is 23.5. The Kier molecular flexibility index (Phi) is 7.33. The van der Waals surface area contributed by atoms with Crippen LogP contribution in [0, 0.1) is 11.3 Å². The number of hydrogen-bond donors (Lipinski definition) is 2. The highest BCUT2D eigenvalue weighted by Crippen LogP contribution is 2.65. The molecule has 5 heterocycles. The summed E-state index contributed by atoms with van der Waals surface area (Å²) in [6, 6.07) is 2.67. The van der Waals surface area contributed by atoms with E-state index in [9.17, 15) is 32.7 Å². The lowest BCUT2D eigenvalue weighted by molar-refractivity contribution is -0.244. The Hall–Kier alpha value is -4.76. The number of amides is 2. The van der Waals surface area contributed by atoms with Gasteiger partial charge in [0.2, 0.25) is 17.0 Å². The zero-order valence-corrected chi connectivity index (χ0v) is 26.9. The first-order valence-electron chi connectivity index (χ1n) is 16.7. The van der Waals surface area contributed by atoms with Crippen molar-refractivity contribution in [1.29, 1.82) is 0 Å². The van der Waals surface area contributed by atoms with Crippen LogP contribution >= 0.6 is 0 Å². The van der Waals surface area contributed by atoms with Crippen LogP contribution in [0.4, 0.5) is 24.9 Å². The van der Waals surface area contributed by atoms with Crippen molar-refractivity contribution in [2.24, 2.45) is 11.3 Å². The number of alkyl halides is 3. The van der Waals surface area contributed by atoms with Crippen LogP contribution in [0.3, 0.4) is 0 Å². The molecule has 1 aromatic carbocycles. The number of nitrogens with one attached hydrogen (secondary N) is 1. The average molecular weight is 684 g/mol. The van der Waals surface area contributed by atoms with Crippen LogP contribution < -0.4 is 20.5 Å². The first-order valence-corrected chi connectivity index (χ1v) is 16.7. The smallest absolute Gasteiger partial charge is 0.394 e. The van der Waals surface area contributed by atoms with E-state index in [0.29, 0.717) is 42.4 Å².